The van der Waals surface area contributed by atoms with Gasteiger partial charge in [0.05, 0.1) is 12.5 Å². The lowest BCUT2D eigenvalue weighted by atomic mass is 9.91. The Labute approximate surface area is 124 Å². The lowest BCUT2D eigenvalue weighted by Crippen LogP contribution is -2.47. The van der Waals surface area contributed by atoms with Crippen LogP contribution in [0.2, 0.25) is 5.02 Å². The normalized spacial score (nSPS) is 17.8. The molecule has 0 atom stereocenters. The Balaban J connectivity index is 2.00. The number of carbonyl (C=O) groups excluding carboxylic acids is 1. The fourth-order valence-corrected chi connectivity index (χ4v) is 2.95. The molecule has 1 fully saturated rings. The minimum Gasteiger partial charge on any atom is -0.338 e. The van der Waals surface area contributed by atoms with Crippen molar-refractivity contribution in [3.63, 3.8) is 0 Å². The molecule has 1 N–H and O–H groups in total. The van der Waals surface area contributed by atoms with Gasteiger partial charge in [0, 0.05) is 5.02 Å². The van der Waals surface area contributed by atoms with E-state index in [0.29, 0.717) is 5.02 Å². The molecule has 0 aliphatic heterocycles. The summed E-state index contributed by atoms with van der Waals surface area (Å²) in [5, 5.41) is 13.0. The van der Waals surface area contributed by atoms with Crippen molar-refractivity contribution in [3.05, 3.63) is 34.9 Å². The average Bonchev–Trinajstić information content (AvgIpc) is 2.65. The van der Waals surface area contributed by atoms with Crippen LogP contribution in [0.15, 0.2) is 24.3 Å². The van der Waals surface area contributed by atoms with Gasteiger partial charge in [0.25, 0.3) is 0 Å². The SMILES string of the molecule is N#CC1(NC(=O)Cc2cccc(Cl)c2)CCCCCC1. The quantitative estimate of drug-likeness (QED) is 0.865. The standard InChI is InChI=1S/C16H19ClN2O/c17-14-7-5-6-13(10-14)11-15(20)19-16(12-18)8-3-1-2-4-9-16/h5-7,10H,1-4,8-9,11H2,(H,19,20). The number of halogens is 1. The van der Waals surface area contributed by atoms with Gasteiger partial charge in [-0.15, -0.1) is 0 Å². The van der Waals surface area contributed by atoms with E-state index in [1.54, 1.807) is 12.1 Å². The number of benzene rings is 1. The van der Waals surface area contributed by atoms with Gasteiger partial charge in [-0.25, -0.2) is 0 Å². The van der Waals surface area contributed by atoms with Gasteiger partial charge in [0.15, 0.2) is 0 Å². The molecule has 1 aromatic rings. The van der Waals surface area contributed by atoms with Crippen LogP contribution in [-0.4, -0.2) is 11.4 Å². The Morgan fingerprint density at radius 3 is 2.60 bits per heavy atom. The van der Waals surface area contributed by atoms with E-state index < -0.39 is 5.54 Å². The van der Waals surface area contributed by atoms with E-state index in [1.165, 1.54) is 0 Å². The molecule has 4 heteroatoms. The van der Waals surface area contributed by atoms with Crippen molar-refractivity contribution in [2.75, 3.05) is 0 Å². The van der Waals surface area contributed by atoms with Crippen LogP contribution in [0, 0.1) is 11.3 Å². The van der Waals surface area contributed by atoms with Gasteiger partial charge in [0.2, 0.25) is 5.91 Å². The highest BCUT2D eigenvalue weighted by atomic mass is 35.5. The van der Waals surface area contributed by atoms with Gasteiger partial charge in [-0.05, 0) is 30.5 Å². The molecule has 1 aliphatic rings. The van der Waals surface area contributed by atoms with Crippen molar-refractivity contribution in [1.29, 1.82) is 5.26 Å². The average molecular weight is 291 g/mol. The molecular weight excluding hydrogens is 272 g/mol. The van der Waals surface area contributed by atoms with Gasteiger partial charge < -0.3 is 5.32 Å². The Morgan fingerprint density at radius 1 is 1.30 bits per heavy atom. The second kappa shape index (κ2) is 6.76. The number of nitriles is 1. The molecule has 0 heterocycles. The van der Waals surface area contributed by atoms with Gasteiger partial charge in [-0.1, -0.05) is 49.4 Å². The minimum atomic E-state index is -0.674. The fraction of sp³-hybridized carbons (Fsp3) is 0.500. The van der Waals surface area contributed by atoms with E-state index in [-0.39, 0.29) is 12.3 Å². The van der Waals surface area contributed by atoms with Crippen LogP contribution in [0.4, 0.5) is 0 Å². The first-order chi connectivity index (χ1) is 9.63. The van der Waals surface area contributed by atoms with Crippen LogP contribution >= 0.6 is 11.6 Å². The van der Waals surface area contributed by atoms with E-state index >= 15 is 0 Å². The van der Waals surface area contributed by atoms with Crippen molar-refractivity contribution >= 4 is 17.5 Å². The molecule has 1 aliphatic carbocycles. The summed E-state index contributed by atoms with van der Waals surface area (Å²) in [4.78, 5) is 12.2. The van der Waals surface area contributed by atoms with Gasteiger partial charge >= 0.3 is 0 Å². The second-order valence-electron chi connectivity index (χ2n) is 5.46. The Bertz CT molecular complexity index is 513. The maximum Gasteiger partial charge on any atom is 0.225 e. The van der Waals surface area contributed by atoms with E-state index in [0.717, 1.165) is 44.1 Å². The highest BCUT2D eigenvalue weighted by Gasteiger charge is 2.32. The van der Waals surface area contributed by atoms with Crippen molar-refractivity contribution in [3.8, 4) is 6.07 Å². The molecule has 1 amide bonds. The zero-order valence-corrected chi connectivity index (χ0v) is 12.2. The largest absolute Gasteiger partial charge is 0.338 e. The molecular formula is C16H19ClN2O. The molecule has 1 aromatic carbocycles. The highest BCUT2D eigenvalue weighted by molar-refractivity contribution is 6.30. The van der Waals surface area contributed by atoms with Crippen molar-refractivity contribution < 1.29 is 4.79 Å². The van der Waals surface area contributed by atoms with Crippen LogP contribution in [0.1, 0.15) is 44.1 Å². The summed E-state index contributed by atoms with van der Waals surface area (Å²) in [5.41, 5.74) is 0.198. The molecule has 20 heavy (non-hydrogen) atoms. The topological polar surface area (TPSA) is 52.9 Å². The Morgan fingerprint density at radius 2 is 2.00 bits per heavy atom. The van der Waals surface area contributed by atoms with Crippen LogP contribution in [0.3, 0.4) is 0 Å². The van der Waals surface area contributed by atoms with Crippen molar-refractivity contribution in [1.82, 2.24) is 5.32 Å². The van der Waals surface area contributed by atoms with E-state index in [4.69, 9.17) is 11.6 Å². The third-order valence-corrected chi connectivity index (χ3v) is 4.04. The van der Waals surface area contributed by atoms with Gasteiger partial charge in [-0.2, -0.15) is 5.26 Å². The monoisotopic (exact) mass is 290 g/mol. The zero-order valence-electron chi connectivity index (χ0n) is 11.5. The molecule has 0 unspecified atom stereocenters. The smallest absolute Gasteiger partial charge is 0.225 e. The lowest BCUT2D eigenvalue weighted by Gasteiger charge is -2.26. The minimum absolute atomic E-state index is 0.101. The predicted octanol–water partition coefficient (Wildman–Crippen LogP) is 3.62. The molecule has 1 saturated carbocycles. The summed E-state index contributed by atoms with van der Waals surface area (Å²) in [5.74, 6) is -0.101. The van der Waals surface area contributed by atoms with Crippen LogP contribution < -0.4 is 5.32 Å². The summed E-state index contributed by atoms with van der Waals surface area (Å²) in [6, 6.07) is 9.60. The number of carbonyl (C=O) groups is 1. The maximum absolute atomic E-state index is 12.2. The van der Waals surface area contributed by atoms with Crippen LogP contribution in [-0.2, 0) is 11.2 Å². The van der Waals surface area contributed by atoms with Gasteiger partial charge in [0.1, 0.15) is 5.54 Å². The summed E-state index contributed by atoms with van der Waals surface area (Å²) >= 11 is 5.91. The summed E-state index contributed by atoms with van der Waals surface area (Å²) in [7, 11) is 0. The third kappa shape index (κ3) is 3.98. The Kier molecular flexibility index (Phi) is 5.03. The number of hydrogen-bond donors (Lipinski definition) is 1. The van der Waals surface area contributed by atoms with E-state index in [1.807, 2.05) is 12.1 Å². The summed E-state index contributed by atoms with van der Waals surface area (Å²) < 4.78 is 0. The molecule has 0 saturated heterocycles. The van der Waals surface area contributed by atoms with Crippen LogP contribution in [0.5, 0.6) is 0 Å². The molecule has 0 radical (unpaired) electrons. The fourth-order valence-electron chi connectivity index (χ4n) is 2.74. The molecule has 0 spiro atoms. The van der Waals surface area contributed by atoms with Crippen molar-refractivity contribution in [2.24, 2.45) is 0 Å². The first kappa shape index (κ1) is 14.9. The number of nitrogens with zero attached hydrogens (tertiary/aromatic N) is 1. The summed E-state index contributed by atoms with van der Waals surface area (Å²) in [6.07, 6.45) is 6.08. The lowest BCUT2D eigenvalue weighted by molar-refractivity contribution is -0.121. The molecule has 3 nitrogen and oxygen atoms in total. The first-order valence-electron chi connectivity index (χ1n) is 7.10. The first-order valence-corrected chi connectivity index (χ1v) is 7.48. The van der Waals surface area contributed by atoms with Crippen molar-refractivity contribution in [2.45, 2.75) is 50.5 Å². The molecule has 106 valence electrons. The maximum atomic E-state index is 12.2. The van der Waals surface area contributed by atoms with E-state index in [2.05, 4.69) is 11.4 Å². The van der Waals surface area contributed by atoms with Gasteiger partial charge in [-0.3, -0.25) is 4.79 Å². The number of amides is 1. The summed E-state index contributed by atoms with van der Waals surface area (Å²) in [6.45, 7) is 0. The highest BCUT2D eigenvalue weighted by Crippen LogP contribution is 2.26. The second-order valence-corrected chi connectivity index (χ2v) is 5.90. The van der Waals surface area contributed by atoms with E-state index in [9.17, 15) is 10.1 Å². The third-order valence-electron chi connectivity index (χ3n) is 3.80. The predicted molar refractivity (Wildman–Crippen MR) is 79.3 cm³/mol. The molecule has 0 bridgehead atoms. The molecule has 0 aromatic heterocycles. The number of hydrogen-bond acceptors (Lipinski definition) is 2. The zero-order chi connectivity index (χ0) is 14.4. The molecule has 2 rings (SSSR count). The number of rotatable bonds is 3. The number of nitrogens with one attached hydrogen (secondary N) is 1. The Hall–Kier alpha value is -1.53. The van der Waals surface area contributed by atoms with Crippen LogP contribution in [0.25, 0.3) is 0 Å².